The first-order chi connectivity index (χ1) is 12.1. The van der Waals surface area contributed by atoms with E-state index < -0.39 is 6.10 Å². The molecule has 126 valence electrons. The van der Waals surface area contributed by atoms with Crippen LogP contribution in [-0.2, 0) is 4.79 Å². The first kappa shape index (κ1) is 17.0. The number of rotatable bonds is 5. The summed E-state index contributed by atoms with van der Waals surface area (Å²) in [5, 5.41) is 6.73. The van der Waals surface area contributed by atoms with Crippen LogP contribution in [-0.4, -0.2) is 18.2 Å². The Morgan fingerprint density at radius 2 is 1.88 bits per heavy atom. The number of nitrogens with one attached hydrogen (secondary N) is 1. The molecule has 0 aliphatic heterocycles. The maximum Gasteiger partial charge on any atom is 0.280 e. The largest absolute Gasteiger partial charge is 0.481 e. The summed E-state index contributed by atoms with van der Waals surface area (Å²) >= 11 is 5.90. The number of benzene rings is 3. The van der Waals surface area contributed by atoms with Crippen molar-refractivity contribution in [2.75, 3.05) is 0 Å². The molecule has 0 saturated carbocycles. The van der Waals surface area contributed by atoms with Gasteiger partial charge < -0.3 is 4.74 Å². The van der Waals surface area contributed by atoms with Gasteiger partial charge in [-0.3, -0.25) is 4.79 Å². The number of nitrogens with zero attached hydrogens (tertiary/aromatic N) is 1. The molecule has 0 spiro atoms. The van der Waals surface area contributed by atoms with E-state index >= 15 is 0 Å². The molecular formula is C20H17ClN2O2. The van der Waals surface area contributed by atoms with Crippen LogP contribution in [0.2, 0.25) is 5.02 Å². The smallest absolute Gasteiger partial charge is 0.280 e. The Balaban J connectivity index is 1.59. The van der Waals surface area contributed by atoms with Crippen LogP contribution in [0, 0.1) is 0 Å². The van der Waals surface area contributed by atoms with Crippen molar-refractivity contribution in [2.24, 2.45) is 5.10 Å². The average Bonchev–Trinajstić information content (AvgIpc) is 2.61. The number of carbonyl (C=O) groups excluding carboxylic acids is 1. The molecule has 4 nitrogen and oxygen atoms in total. The molecule has 1 amide bonds. The molecule has 0 aromatic heterocycles. The minimum atomic E-state index is -0.669. The third kappa shape index (κ3) is 4.58. The van der Waals surface area contributed by atoms with E-state index in [1.54, 1.807) is 19.1 Å². The van der Waals surface area contributed by atoms with Gasteiger partial charge in [-0.25, -0.2) is 5.43 Å². The second-order valence-corrected chi connectivity index (χ2v) is 5.99. The lowest BCUT2D eigenvalue weighted by molar-refractivity contribution is -0.127. The fraction of sp³-hybridized carbons (Fsp3) is 0.100. The van der Waals surface area contributed by atoms with Crippen molar-refractivity contribution < 1.29 is 9.53 Å². The van der Waals surface area contributed by atoms with Gasteiger partial charge in [0.25, 0.3) is 5.91 Å². The number of ether oxygens (including phenoxy) is 1. The number of amides is 1. The molecule has 3 rings (SSSR count). The summed E-state index contributed by atoms with van der Waals surface area (Å²) in [6.45, 7) is 1.68. The Morgan fingerprint density at radius 1 is 1.08 bits per heavy atom. The molecule has 0 unspecified atom stereocenters. The van der Waals surface area contributed by atoms with E-state index in [1.807, 2.05) is 54.6 Å². The average molecular weight is 353 g/mol. The second-order valence-electron chi connectivity index (χ2n) is 5.56. The van der Waals surface area contributed by atoms with E-state index in [2.05, 4.69) is 10.5 Å². The van der Waals surface area contributed by atoms with Crippen molar-refractivity contribution in [1.29, 1.82) is 0 Å². The Morgan fingerprint density at radius 3 is 2.68 bits per heavy atom. The highest BCUT2D eigenvalue weighted by Gasteiger charge is 2.14. The zero-order chi connectivity index (χ0) is 17.6. The quantitative estimate of drug-likeness (QED) is 0.546. The van der Waals surface area contributed by atoms with Gasteiger partial charge in [0.05, 0.1) is 6.21 Å². The zero-order valence-corrected chi connectivity index (χ0v) is 14.4. The van der Waals surface area contributed by atoms with Crippen LogP contribution < -0.4 is 10.2 Å². The Kier molecular flexibility index (Phi) is 5.31. The highest BCUT2D eigenvalue weighted by atomic mass is 35.5. The Bertz CT molecular complexity index is 924. The summed E-state index contributed by atoms with van der Waals surface area (Å²) in [6, 6.07) is 20.9. The van der Waals surface area contributed by atoms with E-state index in [-0.39, 0.29) is 5.91 Å². The highest BCUT2D eigenvalue weighted by Crippen LogP contribution is 2.21. The molecule has 5 heteroatoms. The third-order valence-corrected chi connectivity index (χ3v) is 3.88. The maximum absolute atomic E-state index is 12.1. The zero-order valence-electron chi connectivity index (χ0n) is 13.6. The number of fused-ring (bicyclic) bond motifs is 1. The molecule has 0 saturated heterocycles. The third-order valence-electron chi connectivity index (χ3n) is 3.64. The van der Waals surface area contributed by atoms with Crippen molar-refractivity contribution in [3.8, 4) is 5.75 Å². The molecule has 0 heterocycles. The van der Waals surface area contributed by atoms with Crippen molar-refractivity contribution in [2.45, 2.75) is 13.0 Å². The molecule has 3 aromatic carbocycles. The summed E-state index contributed by atoms with van der Waals surface area (Å²) < 4.78 is 5.70. The first-order valence-corrected chi connectivity index (χ1v) is 8.23. The summed E-state index contributed by atoms with van der Waals surface area (Å²) in [5.41, 5.74) is 3.27. The minimum absolute atomic E-state index is 0.327. The van der Waals surface area contributed by atoms with Crippen molar-refractivity contribution in [1.82, 2.24) is 5.43 Å². The summed E-state index contributed by atoms with van der Waals surface area (Å²) in [5.74, 6) is 0.312. The lowest BCUT2D eigenvalue weighted by Crippen LogP contribution is -2.33. The molecule has 0 fully saturated rings. The number of carbonyl (C=O) groups is 1. The van der Waals surface area contributed by atoms with E-state index in [9.17, 15) is 4.79 Å². The predicted octanol–water partition coefficient (Wildman–Crippen LogP) is 4.41. The van der Waals surface area contributed by atoms with E-state index in [0.29, 0.717) is 10.8 Å². The molecule has 0 bridgehead atoms. The van der Waals surface area contributed by atoms with Gasteiger partial charge in [-0.05, 0) is 47.5 Å². The predicted molar refractivity (Wildman–Crippen MR) is 101 cm³/mol. The van der Waals surface area contributed by atoms with Gasteiger partial charge in [-0.15, -0.1) is 0 Å². The molecule has 0 aliphatic rings. The highest BCUT2D eigenvalue weighted by molar-refractivity contribution is 6.30. The van der Waals surface area contributed by atoms with Crippen LogP contribution in [0.15, 0.2) is 71.8 Å². The fourth-order valence-corrected chi connectivity index (χ4v) is 2.55. The number of halogens is 1. The van der Waals surface area contributed by atoms with E-state index in [1.165, 1.54) is 6.21 Å². The van der Waals surface area contributed by atoms with Crippen molar-refractivity contribution in [3.63, 3.8) is 0 Å². The molecular weight excluding hydrogens is 336 g/mol. The van der Waals surface area contributed by atoms with E-state index in [4.69, 9.17) is 16.3 Å². The number of hydrazone groups is 1. The first-order valence-electron chi connectivity index (χ1n) is 7.86. The number of hydrogen-bond acceptors (Lipinski definition) is 3. The molecule has 0 radical (unpaired) electrons. The fourth-order valence-electron chi connectivity index (χ4n) is 2.35. The maximum atomic E-state index is 12.1. The lowest BCUT2D eigenvalue weighted by Gasteiger charge is -2.13. The van der Waals surface area contributed by atoms with Gasteiger partial charge in [0.2, 0.25) is 0 Å². The minimum Gasteiger partial charge on any atom is -0.481 e. The molecule has 0 aliphatic carbocycles. The van der Waals surface area contributed by atoms with E-state index in [0.717, 1.165) is 16.3 Å². The molecule has 1 N–H and O–H groups in total. The van der Waals surface area contributed by atoms with Crippen molar-refractivity contribution in [3.05, 3.63) is 77.3 Å². The van der Waals surface area contributed by atoms with Crippen LogP contribution in [0.4, 0.5) is 0 Å². The monoisotopic (exact) mass is 352 g/mol. The van der Waals surface area contributed by atoms with Gasteiger partial charge in [-0.1, -0.05) is 54.1 Å². The molecule has 1 atom stereocenters. The molecule has 3 aromatic rings. The van der Waals surface area contributed by atoms with Gasteiger partial charge in [-0.2, -0.15) is 5.10 Å². The van der Waals surface area contributed by atoms with Crippen molar-refractivity contribution >= 4 is 34.5 Å². The van der Waals surface area contributed by atoms with Gasteiger partial charge >= 0.3 is 0 Å². The second kappa shape index (κ2) is 7.81. The Labute approximate surface area is 151 Å². The molecule has 25 heavy (non-hydrogen) atoms. The van der Waals surface area contributed by atoms with Gasteiger partial charge in [0.15, 0.2) is 6.10 Å². The van der Waals surface area contributed by atoms with Crippen LogP contribution in [0.3, 0.4) is 0 Å². The SMILES string of the molecule is C[C@@H](Oc1ccc2ccccc2c1)C(=O)N/N=C\c1cccc(Cl)c1. The van der Waals surface area contributed by atoms with Gasteiger partial charge in [0, 0.05) is 5.02 Å². The summed E-state index contributed by atoms with van der Waals surface area (Å²) in [7, 11) is 0. The van der Waals surface area contributed by atoms with Crippen LogP contribution in [0.25, 0.3) is 10.8 Å². The van der Waals surface area contributed by atoms with Crippen LogP contribution in [0.5, 0.6) is 5.75 Å². The van der Waals surface area contributed by atoms with Crippen LogP contribution >= 0.6 is 11.6 Å². The standard InChI is InChI=1S/C20H17ClN2O2/c1-14(20(24)23-22-13-15-5-4-8-18(21)11-15)25-19-10-9-16-6-2-3-7-17(16)12-19/h2-14H,1H3,(H,23,24)/b22-13-/t14-/m1/s1. The lowest BCUT2D eigenvalue weighted by atomic mass is 10.1. The summed E-state index contributed by atoms with van der Waals surface area (Å²) in [6.07, 6.45) is 0.865. The normalized spacial score (nSPS) is 12.2. The van der Waals surface area contributed by atoms with Crippen LogP contribution in [0.1, 0.15) is 12.5 Å². The summed E-state index contributed by atoms with van der Waals surface area (Å²) in [4.78, 5) is 12.1. The Hall–Kier alpha value is -2.85. The number of hydrogen-bond donors (Lipinski definition) is 1. The topological polar surface area (TPSA) is 50.7 Å². The van der Waals surface area contributed by atoms with Gasteiger partial charge in [0.1, 0.15) is 5.75 Å².